The number of nitrogens with one attached hydrogen (secondary N) is 1. The molecule has 1 aliphatic carbocycles. The average molecular weight is 397 g/mol. The van der Waals surface area contributed by atoms with Gasteiger partial charge in [0.15, 0.2) is 0 Å². The van der Waals surface area contributed by atoms with Gasteiger partial charge in [-0.2, -0.15) is 5.10 Å². The van der Waals surface area contributed by atoms with Crippen molar-refractivity contribution in [3.8, 4) is 0 Å². The van der Waals surface area contributed by atoms with Crippen LogP contribution in [0.2, 0.25) is 0 Å². The van der Waals surface area contributed by atoms with Crippen LogP contribution in [0.3, 0.4) is 0 Å². The Morgan fingerprint density at radius 3 is 2.60 bits per heavy atom. The van der Waals surface area contributed by atoms with E-state index in [0.717, 1.165) is 22.9 Å². The number of halogens is 1. The van der Waals surface area contributed by atoms with Gasteiger partial charge in [0.25, 0.3) is 0 Å². The van der Waals surface area contributed by atoms with Crippen LogP contribution in [0.5, 0.6) is 0 Å². The predicted octanol–water partition coefficient (Wildman–Crippen LogP) is 5.04. The average Bonchev–Trinajstić information content (AvgIpc) is 2.64. The summed E-state index contributed by atoms with van der Waals surface area (Å²) >= 11 is 3.40. The number of hydrogen-bond donors (Lipinski definition) is 1. The van der Waals surface area contributed by atoms with Crippen molar-refractivity contribution in [1.82, 2.24) is 5.43 Å². The van der Waals surface area contributed by atoms with Crippen LogP contribution in [-0.4, -0.2) is 12.1 Å². The van der Waals surface area contributed by atoms with Crippen molar-refractivity contribution in [2.45, 2.75) is 25.7 Å². The number of amides is 1. The summed E-state index contributed by atoms with van der Waals surface area (Å²) in [6.45, 7) is 2.13. The third kappa shape index (κ3) is 4.67. The van der Waals surface area contributed by atoms with Crippen molar-refractivity contribution in [2.24, 2.45) is 11.0 Å². The van der Waals surface area contributed by atoms with Gasteiger partial charge in [-0.3, -0.25) is 4.79 Å². The topological polar surface area (TPSA) is 41.5 Å². The third-order valence-electron chi connectivity index (χ3n) is 4.57. The lowest BCUT2D eigenvalue weighted by Crippen LogP contribution is -2.32. The fourth-order valence-electron chi connectivity index (χ4n) is 3.21. The molecule has 0 fully saturated rings. The Morgan fingerprint density at radius 1 is 1.16 bits per heavy atom. The summed E-state index contributed by atoms with van der Waals surface area (Å²) in [4.78, 5) is 12.7. The molecule has 0 saturated carbocycles. The molecule has 1 aliphatic rings. The number of hydrogen-bond acceptors (Lipinski definition) is 2. The van der Waals surface area contributed by atoms with Crippen LogP contribution >= 0.6 is 15.9 Å². The lowest BCUT2D eigenvalue weighted by molar-refractivity contribution is -0.125. The summed E-state index contributed by atoms with van der Waals surface area (Å²) in [5.41, 5.74) is 6.22. The Balaban J connectivity index is 1.69. The Kier molecular flexibility index (Phi) is 5.82. The van der Waals surface area contributed by atoms with Gasteiger partial charge in [0.1, 0.15) is 0 Å². The molecule has 0 radical (unpaired) electrons. The van der Waals surface area contributed by atoms with E-state index in [0.29, 0.717) is 0 Å². The van der Waals surface area contributed by atoms with Crippen LogP contribution in [-0.2, 0) is 4.79 Å². The maximum atomic E-state index is 12.7. The zero-order valence-corrected chi connectivity index (χ0v) is 15.7. The molecule has 3 nitrogen and oxygen atoms in total. The van der Waals surface area contributed by atoms with Crippen molar-refractivity contribution in [3.05, 3.63) is 81.8 Å². The van der Waals surface area contributed by atoms with Crippen LogP contribution < -0.4 is 5.43 Å². The summed E-state index contributed by atoms with van der Waals surface area (Å²) < 4.78 is 1.02. The monoisotopic (exact) mass is 396 g/mol. The number of benzene rings is 2. The van der Waals surface area contributed by atoms with Crippen molar-refractivity contribution in [2.75, 3.05) is 0 Å². The van der Waals surface area contributed by atoms with E-state index in [-0.39, 0.29) is 17.7 Å². The van der Waals surface area contributed by atoms with Crippen molar-refractivity contribution >= 4 is 28.1 Å². The quantitative estimate of drug-likeness (QED) is 0.438. The van der Waals surface area contributed by atoms with E-state index in [1.165, 1.54) is 11.1 Å². The van der Waals surface area contributed by atoms with Crippen molar-refractivity contribution < 1.29 is 4.79 Å². The predicted molar refractivity (Wildman–Crippen MR) is 106 cm³/mol. The molecule has 0 heterocycles. The molecule has 25 heavy (non-hydrogen) atoms. The highest BCUT2D eigenvalue weighted by atomic mass is 79.9. The number of carbonyl (C=O) groups is 1. The van der Waals surface area contributed by atoms with Crippen LogP contribution in [0, 0.1) is 5.92 Å². The Hall–Kier alpha value is -2.20. The molecule has 128 valence electrons. The number of carbonyl (C=O) groups excluding carboxylic acids is 1. The molecule has 0 aromatic heterocycles. The summed E-state index contributed by atoms with van der Waals surface area (Å²) in [6.07, 6.45) is 5.51. The van der Waals surface area contributed by atoms with Gasteiger partial charge < -0.3 is 0 Å². The maximum Gasteiger partial charge on any atom is 0.244 e. The van der Waals surface area contributed by atoms with Crippen LogP contribution in [0.4, 0.5) is 0 Å². The van der Waals surface area contributed by atoms with Gasteiger partial charge in [0, 0.05) is 4.47 Å². The summed E-state index contributed by atoms with van der Waals surface area (Å²) in [7, 11) is 0. The van der Waals surface area contributed by atoms with Gasteiger partial charge in [-0.15, -0.1) is 0 Å². The molecule has 1 N–H and O–H groups in total. The molecular formula is C21H21BrN2O. The highest BCUT2D eigenvalue weighted by Gasteiger charge is 2.31. The smallest absolute Gasteiger partial charge is 0.244 e. The van der Waals surface area contributed by atoms with E-state index in [9.17, 15) is 4.79 Å². The van der Waals surface area contributed by atoms with Gasteiger partial charge in [-0.25, -0.2) is 5.43 Å². The van der Waals surface area contributed by atoms with E-state index in [1.54, 1.807) is 6.21 Å². The molecule has 0 aliphatic heterocycles. The number of hydrazone groups is 1. The molecule has 4 heteroatoms. The van der Waals surface area contributed by atoms with Gasteiger partial charge in [0.2, 0.25) is 5.91 Å². The highest BCUT2D eigenvalue weighted by Crippen LogP contribution is 2.37. The Morgan fingerprint density at radius 2 is 1.88 bits per heavy atom. The number of nitrogens with zero attached hydrogens (tertiary/aromatic N) is 1. The van der Waals surface area contributed by atoms with E-state index < -0.39 is 0 Å². The van der Waals surface area contributed by atoms with E-state index in [1.807, 2.05) is 42.5 Å². The normalized spacial score (nSPS) is 20.3. The summed E-state index contributed by atoms with van der Waals surface area (Å²) in [5, 5.41) is 4.13. The minimum atomic E-state index is -0.0897. The van der Waals surface area contributed by atoms with Crippen LogP contribution in [0.15, 0.2) is 75.8 Å². The van der Waals surface area contributed by atoms with E-state index in [2.05, 4.69) is 51.6 Å². The first kappa shape index (κ1) is 17.6. The first-order valence-corrected chi connectivity index (χ1v) is 9.22. The second-order valence-electron chi connectivity index (χ2n) is 6.40. The molecule has 3 rings (SSSR count). The Labute approximate surface area is 157 Å². The molecule has 2 aromatic rings. The zero-order chi connectivity index (χ0) is 17.6. The maximum absolute atomic E-state index is 12.7. The Bertz CT molecular complexity index is 781. The highest BCUT2D eigenvalue weighted by molar-refractivity contribution is 9.10. The van der Waals surface area contributed by atoms with Crippen LogP contribution in [0.1, 0.15) is 36.8 Å². The molecule has 2 atom stereocenters. The third-order valence-corrected chi connectivity index (χ3v) is 5.10. The van der Waals surface area contributed by atoms with Gasteiger partial charge >= 0.3 is 0 Å². The second kappa shape index (κ2) is 8.26. The van der Waals surface area contributed by atoms with Gasteiger partial charge in [-0.1, -0.05) is 70.0 Å². The van der Waals surface area contributed by atoms with E-state index in [4.69, 9.17) is 0 Å². The largest absolute Gasteiger partial charge is 0.273 e. The van der Waals surface area contributed by atoms with Crippen LogP contribution in [0.25, 0.3) is 0 Å². The van der Waals surface area contributed by atoms with Gasteiger partial charge in [0.05, 0.1) is 12.1 Å². The van der Waals surface area contributed by atoms with E-state index >= 15 is 0 Å². The van der Waals surface area contributed by atoms with Crippen molar-refractivity contribution in [3.63, 3.8) is 0 Å². The first-order chi connectivity index (χ1) is 12.1. The van der Waals surface area contributed by atoms with Gasteiger partial charge in [-0.05, 0) is 48.9 Å². The number of rotatable bonds is 4. The minimum absolute atomic E-state index is 0.0223. The fourth-order valence-corrected chi connectivity index (χ4v) is 3.47. The lowest BCUT2D eigenvalue weighted by Gasteiger charge is -2.29. The lowest BCUT2D eigenvalue weighted by atomic mass is 9.75. The first-order valence-electron chi connectivity index (χ1n) is 8.42. The zero-order valence-electron chi connectivity index (χ0n) is 14.2. The standard InChI is InChI=1S/C21H21BrN2O/c1-15-7-12-19(20(13-15)17-5-3-2-4-6-17)21(25)24-23-14-16-8-10-18(22)11-9-16/h2-11,14,19-20H,12-13H2,1H3,(H,24,25). The summed E-state index contributed by atoms with van der Waals surface area (Å²) in [5.74, 6) is 0.0909. The molecule has 2 aromatic carbocycles. The second-order valence-corrected chi connectivity index (χ2v) is 7.32. The number of allylic oxidation sites excluding steroid dienone is 2. The fraction of sp³-hybridized carbons (Fsp3) is 0.238. The van der Waals surface area contributed by atoms with Crippen molar-refractivity contribution in [1.29, 1.82) is 0 Å². The SMILES string of the molecule is CC1=CCC(C(=O)NN=Cc2ccc(Br)cc2)C(c2ccccc2)C1. The molecular weight excluding hydrogens is 376 g/mol. The molecule has 2 unspecified atom stereocenters. The molecule has 1 amide bonds. The molecule has 0 bridgehead atoms. The minimum Gasteiger partial charge on any atom is -0.273 e. The molecule has 0 spiro atoms. The summed E-state index contributed by atoms with van der Waals surface area (Å²) in [6, 6.07) is 18.1. The molecule has 0 saturated heterocycles.